The highest BCUT2D eigenvalue weighted by atomic mass is 35.5. The number of aromatic carboxylic acids is 1. The van der Waals surface area contributed by atoms with E-state index in [0.29, 0.717) is 10.0 Å². The molecule has 3 nitrogen and oxygen atoms in total. The van der Waals surface area contributed by atoms with E-state index in [1.54, 1.807) is 12.1 Å². The van der Waals surface area contributed by atoms with Crippen LogP contribution < -0.4 is 0 Å². The topological polar surface area (TPSA) is 46.5 Å². The minimum absolute atomic E-state index is 0.0678. The van der Waals surface area contributed by atoms with E-state index in [4.69, 9.17) is 27.9 Å². The van der Waals surface area contributed by atoms with Crippen molar-refractivity contribution in [1.29, 1.82) is 0 Å². The molecule has 3 aromatic carbocycles. The molecule has 0 aromatic heterocycles. The fraction of sp³-hybridized carbons (Fsp3) is 0.222. The molecule has 3 aromatic rings. The first-order valence-corrected chi connectivity index (χ1v) is 11.2. The van der Waals surface area contributed by atoms with Crippen LogP contribution in [-0.4, -0.2) is 11.1 Å². The van der Waals surface area contributed by atoms with Crippen molar-refractivity contribution in [2.24, 2.45) is 5.92 Å². The Bertz CT molecular complexity index is 1120. The molecule has 5 heteroatoms. The van der Waals surface area contributed by atoms with Crippen molar-refractivity contribution in [3.63, 3.8) is 0 Å². The second-order valence-electron chi connectivity index (χ2n) is 8.31. The van der Waals surface area contributed by atoms with Crippen molar-refractivity contribution < 1.29 is 14.6 Å². The summed E-state index contributed by atoms with van der Waals surface area (Å²) in [6.07, 6.45) is 0.367. The second-order valence-corrected chi connectivity index (χ2v) is 9.18. The number of carbonyl (C=O) groups is 1. The smallest absolute Gasteiger partial charge is 0.335 e. The number of hydrogen-bond donors (Lipinski definition) is 1. The first-order chi connectivity index (χ1) is 15.3. The standard InChI is InChI=1S/C27H24Cl2O3/c1-16(2)23-15-24(20-4-3-5-22(29)14-20)26(18-10-12-21(28)13-11-18)32-25(23)17-6-8-19(9-7-17)27(30)31/h3-14,23-26H,1,15H2,2H3,(H,30,31)/t23-,24-,25-,26+/m0/s1. The largest absolute Gasteiger partial charge is 0.478 e. The van der Waals surface area contributed by atoms with Crippen LogP contribution in [-0.2, 0) is 4.74 Å². The van der Waals surface area contributed by atoms with E-state index in [9.17, 15) is 9.90 Å². The maximum absolute atomic E-state index is 11.3. The minimum Gasteiger partial charge on any atom is -0.478 e. The fourth-order valence-corrected chi connectivity index (χ4v) is 4.79. The third-order valence-electron chi connectivity index (χ3n) is 6.13. The highest BCUT2D eigenvalue weighted by Gasteiger charge is 2.40. The van der Waals surface area contributed by atoms with E-state index in [0.717, 1.165) is 28.7 Å². The lowest BCUT2D eigenvalue weighted by atomic mass is 9.74. The van der Waals surface area contributed by atoms with Crippen molar-refractivity contribution in [1.82, 2.24) is 0 Å². The highest BCUT2D eigenvalue weighted by molar-refractivity contribution is 6.30. The molecule has 0 spiro atoms. The van der Waals surface area contributed by atoms with Gasteiger partial charge in [0.15, 0.2) is 0 Å². The molecule has 0 bridgehead atoms. The van der Waals surface area contributed by atoms with E-state index in [2.05, 4.69) is 12.6 Å². The molecule has 0 amide bonds. The third-order valence-corrected chi connectivity index (χ3v) is 6.61. The van der Waals surface area contributed by atoms with Gasteiger partial charge < -0.3 is 9.84 Å². The average molecular weight is 467 g/mol. The molecule has 0 radical (unpaired) electrons. The Kier molecular flexibility index (Phi) is 6.71. The van der Waals surface area contributed by atoms with Crippen molar-refractivity contribution in [3.8, 4) is 0 Å². The first kappa shape index (κ1) is 22.6. The Morgan fingerprint density at radius 1 is 0.906 bits per heavy atom. The van der Waals surface area contributed by atoms with Crippen molar-refractivity contribution >= 4 is 29.2 Å². The van der Waals surface area contributed by atoms with E-state index in [1.165, 1.54) is 0 Å². The summed E-state index contributed by atoms with van der Waals surface area (Å²) in [7, 11) is 0. The molecule has 1 aliphatic rings. The van der Waals surface area contributed by atoms with Crippen LogP contribution in [0.1, 0.15) is 58.5 Å². The summed E-state index contributed by atoms with van der Waals surface area (Å²) in [6.45, 7) is 6.26. The van der Waals surface area contributed by atoms with Crippen LogP contribution in [0.15, 0.2) is 84.9 Å². The summed E-state index contributed by atoms with van der Waals surface area (Å²) in [5.74, 6) is -0.804. The lowest BCUT2D eigenvalue weighted by Gasteiger charge is -2.43. The summed E-state index contributed by atoms with van der Waals surface area (Å²) < 4.78 is 6.79. The molecule has 4 atom stereocenters. The number of hydrogen-bond acceptors (Lipinski definition) is 2. The SMILES string of the molecule is C=C(C)[C@@H]1C[C@@H](c2cccc(Cl)c2)[C@@H](c2ccc(Cl)cc2)O[C@H]1c1ccc(C(=O)O)cc1. The van der Waals surface area contributed by atoms with Gasteiger partial charge in [0.05, 0.1) is 17.8 Å². The van der Waals surface area contributed by atoms with Gasteiger partial charge in [-0.2, -0.15) is 0 Å². The van der Waals surface area contributed by atoms with Crippen LogP contribution in [0.2, 0.25) is 10.0 Å². The van der Waals surface area contributed by atoms with Gasteiger partial charge in [0.25, 0.3) is 0 Å². The van der Waals surface area contributed by atoms with E-state index in [1.807, 2.05) is 61.5 Å². The lowest BCUT2D eigenvalue weighted by Crippen LogP contribution is -2.31. The van der Waals surface area contributed by atoms with Gasteiger partial charge in [-0.05, 0) is 66.4 Å². The van der Waals surface area contributed by atoms with E-state index >= 15 is 0 Å². The summed E-state index contributed by atoms with van der Waals surface area (Å²) in [4.78, 5) is 11.3. The van der Waals surface area contributed by atoms with Gasteiger partial charge in [0.1, 0.15) is 0 Å². The van der Waals surface area contributed by atoms with Crippen LogP contribution in [0.25, 0.3) is 0 Å². The lowest BCUT2D eigenvalue weighted by molar-refractivity contribution is -0.0918. The van der Waals surface area contributed by atoms with Crippen LogP contribution in [0, 0.1) is 5.92 Å². The first-order valence-electron chi connectivity index (χ1n) is 10.5. The van der Waals surface area contributed by atoms with Crippen LogP contribution in [0.4, 0.5) is 0 Å². The number of benzene rings is 3. The molecule has 0 aliphatic carbocycles. The van der Waals surface area contributed by atoms with Crippen molar-refractivity contribution in [3.05, 3.63) is 117 Å². The second kappa shape index (κ2) is 9.50. The molecule has 0 saturated carbocycles. The van der Waals surface area contributed by atoms with Crippen LogP contribution in [0.5, 0.6) is 0 Å². The summed E-state index contributed by atoms with van der Waals surface area (Å²) in [6, 6.07) is 22.6. The molecule has 1 N–H and O–H groups in total. The maximum atomic E-state index is 11.3. The van der Waals surface area contributed by atoms with Gasteiger partial charge in [0, 0.05) is 21.9 Å². The molecular formula is C27H24Cl2O3. The Labute approximate surface area is 198 Å². The Hall–Kier alpha value is -2.59. The molecule has 4 rings (SSSR count). The third kappa shape index (κ3) is 4.75. The molecule has 0 unspecified atom stereocenters. The molecule has 164 valence electrons. The zero-order chi connectivity index (χ0) is 22.8. The minimum atomic E-state index is -0.947. The average Bonchev–Trinajstić information content (AvgIpc) is 2.79. The molecule has 32 heavy (non-hydrogen) atoms. The van der Waals surface area contributed by atoms with Gasteiger partial charge >= 0.3 is 5.97 Å². The van der Waals surface area contributed by atoms with E-state index < -0.39 is 5.97 Å². The van der Waals surface area contributed by atoms with Crippen molar-refractivity contribution in [2.75, 3.05) is 0 Å². The molecule has 1 saturated heterocycles. The fourth-order valence-electron chi connectivity index (χ4n) is 4.47. The zero-order valence-corrected chi connectivity index (χ0v) is 19.2. The van der Waals surface area contributed by atoms with E-state index in [-0.39, 0.29) is 29.6 Å². The van der Waals surface area contributed by atoms with Crippen molar-refractivity contribution in [2.45, 2.75) is 31.5 Å². The van der Waals surface area contributed by atoms with Gasteiger partial charge in [0.2, 0.25) is 0 Å². The van der Waals surface area contributed by atoms with Gasteiger partial charge in [-0.25, -0.2) is 4.79 Å². The Morgan fingerprint density at radius 2 is 1.53 bits per heavy atom. The number of ether oxygens (including phenoxy) is 1. The normalized spacial score (nSPS) is 23.0. The Morgan fingerprint density at radius 3 is 2.12 bits per heavy atom. The molecular weight excluding hydrogens is 443 g/mol. The monoisotopic (exact) mass is 466 g/mol. The van der Waals surface area contributed by atoms with Gasteiger partial charge in [-0.3, -0.25) is 0 Å². The summed E-state index contributed by atoms with van der Waals surface area (Å²) >= 11 is 12.5. The number of halogens is 2. The predicted molar refractivity (Wildman–Crippen MR) is 129 cm³/mol. The van der Waals surface area contributed by atoms with Gasteiger partial charge in [-0.1, -0.05) is 71.8 Å². The Balaban J connectivity index is 1.77. The quantitative estimate of drug-likeness (QED) is 0.389. The van der Waals surface area contributed by atoms with Crippen LogP contribution in [0.3, 0.4) is 0 Å². The van der Waals surface area contributed by atoms with Crippen LogP contribution >= 0.6 is 23.2 Å². The highest BCUT2D eigenvalue weighted by Crippen LogP contribution is 2.52. The molecule has 1 heterocycles. The predicted octanol–water partition coefficient (Wildman–Crippen LogP) is 7.87. The molecule has 1 aliphatic heterocycles. The summed E-state index contributed by atoms with van der Waals surface area (Å²) in [5, 5.41) is 10.6. The summed E-state index contributed by atoms with van der Waals surface area (Å²) in [5.41, 5.74) is 4.36. The number of rotatable bonds is 5. The van der Waals surface area contributed by atoms with Gasteiger partial charge in [-0.15, -0.1) is 0 Å². The molecule has 1 fully saturated rings. The number of carboxylic acid groups (broad SMARTS) is 1. The maximum Gasteiger partial charge on any atom is 0.335 e. The number of carboxylic acids is 1. The zero-order valence-electron chi connectivity index (χ0n) is 17.7.